The quantitative estimate of drug-likeness (QED) is 0.430. The van der Waals surface area contributed by atoms with Crippen LogP contribution in [0.1, 0.15) is 77.2 Å². The normalized spacial score (nSPS) is 30.4. The lowest BCUT2D eigenvalue weighted by atomic mass is 9.89. The molecule has 0 aromatic heterocycles. The van der Waals surface area contributed by atoms with Gasteiger partial charge in [0.2, 0.25) is 11.8 Å². The average molecular weight is 554 g/mol. The molecule has 1 unspecified atom stereocenters. The predicted molar refractivity (Wildman–Crippen MR) is 150 cm³/mol. The summed E-state index contributed by atoms with van der Waals surface area (Å²) in [6.07, 6.45) is 10.9. The molecule has 3 aliphatic heterocycles. The van der Waals surface area contributed by atoms with Crippen molar-refractivity contribution >= 4 is 24.2 Å². The van der Waals surface area contributed by atoms with Gasteiger partial charge in [0.05, 0.1) is 17.7 Å². The molecule has 0 radical (unpaired) electrons. The number of benzene rings is 1. The van der Waals surface area contributed by atoms with Crippen LogP contribution in [0, 0.1) is 5.92 Å². The van der Waals surface area contributed by atoms with Crippen LogP contribution in [0.25, 0.3) is 0 Å². The smallest absolute Gasteiger partial charge is 0.408 e. The van der Waals surface area contributed by atoms with Crippen LogP contribution in [-0.2, 0) is 30.5 Å². The van der Waals surface area contributed by atoms with Gasteiger partial charge in [0.1, 0.15) is 25.0 Å². The predicted octanol–water partition coefficient (Wildman–Crippen LogP) is 4.05. The Morgan fingerprint density at radius 3 is 2.50 bits per heavy atom. The Hall–Kier alpha value is -3.20. The molecule has 9 heteroatoms. The maximum Gasteiger partial charge on any atom is 0.408 e. The van der Waals surface area contributed by atoms with E-state index >= 15 is 0 Å². The maximum absolute atomic E-state index is 14.0. The molecule has 4 rings (SSSR count). The molecule has 5 atom stereocenters. The number of nitrogens with zero attached hydrogens (tertiary/aromatic N) is 1. The number of nitrogens with one attached hydrogen (secondary N) is 2. The number of carbonyl (C=O) groups is 4. The Kier molecular flexibility index (Phi) is 10.4. The van der Waals surface area contributed by atoms with Crippen molar-refractivity contribution in [1.29, 1.82) is 0 Å². The number of hydrogen-bond acceptors (Lipinski definition) is 6. The number of rotatable bonds is 4. The number of alkyl carbamates (subject to hydrolysis) is 1. The summed E-state index contributed by atoms with van der Waals surface area (Å²) < 4.78 is 11.7. The average Bonchev–Trinajstić information content (AvgIpc) is 3.42. The summed E-state index contributed by atoms with van der Waals surface area (Å²) in [5, 5.41) is 5.68. The highest BCUT2D eigenvalue weighted by Crippen LogP contribution is 2.43. The molecule has 2 N–H and O–H groups in total. The van der Waals surface area contributed by atoms with E-state index in [1.165, 1.54) is 0 Å². The van der Waals surface area contributed by atoms with Crippen LogP contribution in [0.2, 0.25) is 0 Å². The van der Waals surface area contributed by atoms with Crippen LogP contribution in [0.15, 0.2) is 42.5 Å². The van der Waals surface area contributed by atoms with Crippen molar-refractivity contribution in [3.05, 3.63) is 48.0 Å². The lowest BCUT2D eigenvalue weighted by molar-refractivity contribution is -0.142. The standard InChI is InChI=1S/C31H43N3O6/c1-31(2)18-24-26(40-31)19-34-27(24)28(36)32-23(20-35)16-12-7-5-3-4-6-8-13-17-25(29(34)37)33-30(38)39-21-22-14-10-9-11-15-22/h3-4,9-11,14-15,20,23-27H,5-8,12-13,16-19,21H2,1-2H3,(H,32,36)(H,33,38)/b4-3+/t23-,24?,25-,26-,27-/m0/s1. The molecule has 0 spiro atoms. The highest BCUT2D eigenvalue weighted by Gasteiger charge is 2.55. The molecule has 1 aromatic rings. The SMILES string of the molecule is CC1(C)CC2[C@H](CN3C(=O)[C@@H](NC(=O)OCc4ccccc4)CCCC/C=C/CCCC[C@@H](C=O)NC(=O)[C@H]23)O1. The second-order valence-electron chi connectivity index (χ2n) is 11.8. The van der Waals surface area contributed by atoms with Gasteiger partial charge in [-0.05, 0) is 64.4 Å². The zero-order valence-corrected chi connectivity index (χ0v) is 23.7. The van der Waals surface area contributed by atoms with Crippen LogP contribution < -0.4 is 10.6 Å². The molecule has 0 bridgehead atoms. The van der Waals surface area contributed by atoms with Crippen LogP contribution in [0.5, 0.6) is 0 Å². The fourth-order valence-electron chi connectivity index (χ4n) is 6.11. The number of ether oxygens (including phenoxy) is 2. The van der Waals surface area contributed by atoms with E-state index in [4.69, 9.17) is 9.47 Å². The number of allylic oxidation sites excluding steroid dienone is 2. The minimum Gasteiger partial charge on any atom is -0.445 e. The summed E-state index contributed by atoms with van der Waals surface area (Å²) >= 11 is 0. The van der Waals surface area contributed by atoms with Crippen molar-refractivity contribution in [3.8, 4) is 0 Å². The number of amides is 3. The summed E-state index contributed by atoms with van der Waals surface area (Å²) in [6.45, 7) is 4.33. The van der Waals surface area contributed by atoms with Gasteiger partial charge in [-0.2, -0.15) is 0 Å². The zero-order valence-electron chi connectivity index (χ0n) is 23.7. The summed E-state index contributed by atoms with van der Waals surface area (Å²) in [6, 6.07) is 7.12. The van der Waals surface area contributed by atoms with Crippen molar-refractivity contribution in [1.82, 2.24) is 15.5 Å². The largest absolute Gasteiger partial charge is 0.445 e. The Morgan fingerprint density at radius 2 is 1.80 bits per heavy atom. The maximum atomic E-state index is 14.0. The van der Waals surface area contributed by atoms with Crippen LogP contribution in [0.4, 0.5) is 4.79 Å². The van der Waals surface area contributed by atoms with Crippen molar-refractivity contribution in [2.24, 2.45) is 5.92 Å². The molecule has 0 saturated carbocycles. The van der Waals surface area contributed by atoms with E-state index in [2.05, 4.69) is 22.8 Å². The second kappa shape index (κ2) is 13.9. The Morgan fingerprint density at radius 1 is 1.10 bits per heavy atom. The van der Waals surface area contributed by atoms with Gasteiger partial charge in [0.25, 0.3) is 0 Å². The Labute approximate surface area is 237 Å². The highest BCUT2D eigenvalue weighted by molar-refractivity contribution is 5.93. The third kappa shape index (κ3) is 7.93. The third-order valence-corrected chi connectivity index (χ3v) is 8.06. The van der Waals surface area contributed by atoms with Gasteiger partial charge in [0.15, 0.2) is 0 Å². The number of fused-ring (bicyclic) bond motifs is 3. The first kappa shape index (κ1) is 29.8. The number of carbonyl (C=O) groups excluding carboxylic acids is 4. The van der Waals surface area contributed by atoms with Crippen molar-refractivity contribution in [2.45, 2.75) is 108 Å². The summed E-state index contributed by atoms with van der Waals surface area (Å²) in [5.41, 5.74) is 0.437. The molecule has 0 aliphatic carbocycles. The third-order valence-electron chi connectivity index (χ3n) is 8.06. The van der Waals surface area contributed by atoms with Crippen molar-refractivity contribution in [3.63, 3.8) is 0 Å². The molecule has 218 valence electrons. The minimum atomic E-state index is -0.841. The molecular formula is C31H43N3O6. The van der Waals surface area contributed by atoms with Gasteiger partial charge >= 0.3 is 6.09 Å². The van der Waals surface area contributed by atoms with Gasteiger partial charge < -0.3 is 29.8 Å². The van der Waals surface area contributed by atoms with E-state index in [1.807, 2.05) is 44.2 Å². The van der Waals surface area contributed by atoms with Gasteiger partial charge in [-0.3, -0.25) is 9.59 Å². The fourth-order valence-corrected chi connectivity index (χ4v) is 6.11. The molecular weight excluding hydrogens is 510 g/mol. The van der Waals surface area contributed by atoms with E-state index in [-0.39, 0.29) is 37.0 Å². The van der Waals surface area contributed by atoms with Crippen LogP contribution in [-0.4, -0.2) is 65.5 Å². The molecule has 9 nitrogen and oxygen atoms in total. The summed E-state index contributed by atoms with van der Waals surface area (Å²) in [5.74, 6) is -0.854. The highest BCUT2D eigenvalue weighted by atomic mass is 16.5. The molecule has 2 saturated heterocycles. The molecule has 3 aliphatic rings. The van der Waals surface area contributed by atoms with E-state index in [1.54, 1.807) is 4.90 Å². The lowest BCUT2D eigenvalue weighted by Crippen LogP contribution is -2.56. The van der Waals surface area contributed by atoms with E-state index in [0.717, 1.165) is 50.4 Å². The van der Waals surface area contributed by atoms with Crippen molar-refractivity contribution < 1.29 is 28.7 Å². The Balaban J connectivity index is 1.53. The van der Waals surface area contributed by atoms with Crippen molar-refractivity contribution in [2.75, 3.05) is 6.54 Å². The monoisotopic (exact) mass is 553 g/mol. The fraction of sp³-hybridized carbons (Fsp3) is 0.613. The minimum absolute atomic E-state index is 0.0906. The van der Waals surface area contributed by atoms with Gasteiger partial charge in [-0.15, -0.1) is 0 Å². The first-order valence-corrected chi connectivity index (χ1v) is 14.6. The zero-order chi connectivity index (χ0) is 28.5. The molecule has 40 heavy (non-hydrogen) atoms. The van der Waals surface area contributed by atoms with E-state index in [9.17, 15) is 19.2 Å². The van der Waals surface area contributed by atoms with E-state index in [0.29, 0.717) is 19.3 Å². The first-order chi connectivity index (χ1) is 19.3. The van der Waals surface area contributed by atoms with E-state index < -0.39 is 29.8 Å². The topological polar surface area (TPSA) is 114 Å². The van der Waals surface area contributed by atoms with Crippen LogP contribution >= 0.6 is 0 Å². The lowest BCUT2D eigenvalue weighted by Gasteiger charge is -2.32. The summed E-state index contributed by atoms with van der Waals surface area (Å²) in [4.78, 5) is 53.8. The van der Waals surface area contributed by atoms with Gasteiger partial charge in [-0.25, -0.2) is 4.79 Å². The number of hydrogen-bond donors (Lipinski definition) is 2. The van der Waals surface area contributed by atoms with Gasteiger partial charge in [-0.1, -0.05) is 55.3 Å². The summed E-state index contributed by atoms with van der Waals surface area (Å²) in [7, 11) is 0. The number of aldehydes is 1. The van der Waals surface area contributed by atoms with Crippen LogP contribution in [0.3, 0.4) is 0 Å². The molecule has 2 fully saturated rings. The molecule has 1 aromatic carbocycles. The second-order valence-corrected chi connectivity index (χ2v) is 11.8. The first-order valence-electron chi connectivity index (χ1n) is 14.6. The van der Waals surface area contributed by atoms with Gasteiger partial charge in [0, 0.05) is 12.5 Å². The molecule has 3 heterocycles. The molecule has 3 amide bonds. The Bertz CT molecular complexity index is 1060.